The molecule has 0 unspecified atom stereocenters. The van der Waals surface area contributed by atoms with Gasteiger partial charge in [-0.3, -0.25) is 10.1 Å². The summed E-state index contributed by atoms with van der Waals surface area (Å²) in [6, 6.07) is 13.0. The van der Waals surface area contributed by atoms with Gasteiger partial charge in [0, 0.05) is 5.38 Å². The predicted octanol–water partition coefficient (Wildman–Crippen LogP) is 5.73. The van der Waals surface area contributed by atoms with Gasteiger partial charge in [0.05, 0.1) is 10.7 Å². The first-order valence-electron chi connectivity index (χ1n) is 9.83. The molecule has 32 heavy (non-hydrogen) atoms. The van der Waals surface area contributed by atoms with E-state index in [-0.39, 0.29) is 5.57 Å². The van der Waals surface area contributed by atoms with E-state index in [0.717, 1.165) is 22.6 Å². The molecule has 1 amide bonds. The maximum atomic E-state index is 12.3. The Morgan fingerprint density at radius 1 is 1.16 bits per heavy atom. The first kappa shape index (κ1) is 23.3. The highest BCUT2D eigenvalue weighted by atomic mass is 35.5. The van der Waals surface area contributed by atoms with Gasteiger partial charge < -0.3 is 9.47 Å². The molecule has 0 aliphatic heterocycles. The molecule has 0 radical (unpaired) electrons. The number of halogens is 1. The van der Waals surface area contributed by atoms with Crippen LogP contribution >= 0.6 is 22.9 Å². The van der Waals surface area contributed by atoms with Crippen LogP contribution in [0.15, 0.2) is 47.4 Å². The van der Waals surface area contributed by atoms with E-state index in [9.17, 15) is 10.1 Å². The van der Waals surface area contributed by atoms with Crippen molar-refractivity contribution in [1.82, 2.24) is 4.98 Å². The van der Waals surface area contributed by atoms with E-state index >= 15 is 0 Å². The van der Waals surface area contributed by atoms with E-state index in [1.807, 2.05) is 44.4 Å². The maximum Gasteiger partial charge on any atom is 0.268 e. The van der Waals surface area contributed by atoms with Gasteiger partial charge in [0.25, 0.3) is 5.91 Å². The number of aryl methyl sites for hydroxylation is 3. The third-order valence-corrected chi connectivity index (χ3v) is 5.45. The first-order valence-corrected chi connectivity index (χ1v) is 11.1. The molecule has 0 saturated heterocycles. The summed E-state index contributed by atoms with van der Waals surface area (Å²) in [5.41, 5.74) is 3.63. The Balaban J connectivity index is 1.58. The van der Waals surface area contributed by atoms with Gasteiger partial charge >= 0.3 is 0 Å². The molecule has 0 spiro atoms. The fourth-order valence-electron chi connectivity index (χ4n) is 2.94. The van der Waals surface area contributed by atoms with Gasteiger partial charge in [0.2, 0.25) is 0 Å². The van der Waals surface area contributed by atoms with Crippen molar-refractivity contribution in [3.63, 3.8) is 0 Å². The Morgan fingerprint density at radius 2 is 1.88 bits per heavy atom. The van der Waals surface area contributed by atoms with Crippen molar-refractivity contribution in [2.75, 3.05) is 18.5 Å². The second-order valence-corrected chi connectivity index (χ2v) is 8.39. The Bertz CT molecular complexity index is 1180. The second kappa shape index (κ2) is 10.8. The van der Waals surface area contributed by atoms with Crippen LogP contribution in [-0.2, 0) is 4.79 Å². The smallest absolute Gasteiger partial charge is 0.268 e. The normalized spacial score (nSPS) is 11.0. The van der Waals surface area contributed by atoms with Crippen molar-refractivity contribution in [3.8, 4) is 17.6 Å². The molecular formula is C24H22ClN3O3S. The van der Waals surface area contributed by atoms with Gasteiger partial charge in [-0.25, -0.2) is 4.98 Å². The molecule has 0 aliphatic rings. The number of carbonyl (C=O) groups is 1. The van der Waals surface area contributed by atoms with Gasteiger partial charge in [-0.05, 0) is 67.8 Å². The van der Waals surface area contributed by atoms with E-state index in [0.29, 0.717) is 34.7 Å². The third kappa shape index (κ3) is 6.58. The summed E-state index contributed by atoms with van der Waals surface area (Å²) in [5.74, 6) is 0.767. The zero-order chi connectivity index (χ0) is 23.1. The summed E-state index contributed by atoms with van der Waals surface area (Å²) in [4.78, 5) is 16.5. The highest BCUT2D eigenvalue weighted by molar-refractivity contribution is 7.13. The van der Waals surface area contributed by atoms with Gasteiger partial charge in [0.15, 0.2) is 5.13 Å². The lowest BCUT2D eigenvalue weighted by Crippen LogP contribution is -2.13. The largest absolute Gasteiger partial charge is 0.490 e. The van der Waals surface area contributed by atoms with Crippen molar-refractivity contribution in [1.29, 1.82) is 5.26 Å². The minimum atomic E-state index is -0.526. The summed E-state index contributed by atoms with van der Waals surface area (Å²) in [7, 11) is 0. The topological polar surface area (TPSA) is 84.2 Å². The van der Waals surface area contributed by atoms with E-state index in [4.69, 9.17) is 21.1 Å². The summed E-state index contributed by atoms with van der Waals surface area (Å²) in [6.45, 7) is 6.56. The number of nitrogens with zero attached hydrogens (tertiary/aromatic N) is 2. The number of hydrogen-bond donors (Lipinski definition) is 1. The highest BCUT2D eigenvalue weighted by Crippen LogP contribution is 2.27. The molecule has 0 saturated carbocycles. The molecule has 1 heterocycles. The zero-order valence-corrected chi connectivity index (χ0v) is 19.5. The van der Waals surface area contributed by atoms with Crippen LogP contribution < -0.4 is 14.8 Å². The van der Waals surface area contributed by atoms with Crippen LogP contribution in [-0.4, -0.2) is 24.1 Å². The molecule has 0 fully saturated rings. The van der Waals surface area contributed by atoms with E-state index < -0.39 is 5.91 Å². The standard InChI is InChI=1S/C24H22ClN3O3S/c1-15-8-16(2)10-20(9-15)30-6-7-31-22-5-4-18(12-21(22)25)11-19(13-26)23(29)28-24-27-17(3)14-32-24/h4-5,8-12,14H,6-7H2,1-3H3,(H,27,28,29). The second-order valence-electron chi connectivity index (χ2n) is 7.13. The lowest BCUT2D eigenvalue weighted by Gasteiger charge is -2.11. The Morgan fingerprint density at radius 3 is 2.50 bits per heavy atom. The molecule has 3 aromatic rings. The number of aromatic nitrogens is 1. The summed E-state index contributed by atoms with van der Waals surface area (Å²) in [6.07, 6.45) is 1.47. The van der Waals surface area contributed by atoms with Gasteiger partial charge in [-0.1, -0.05) is 23.7 Å². The van der Waals surface area contributed by atoms with Crippen molar-refractivity contribution in [2.24, 2.45) is 0 Å². The molecule has 6 nitrogen and oxygen atoms in total. The van der Waals surface area contributed by atoms with Gasteiger partial charge in [-0.2, -0.15) is 5.26 Å². The molecule has 8 heteroatoms. The first-order chi connectivity index (χ1) is 15.3. The average Bonchev–Trinajstić information content (AvgIpc) is 3.14. The van der Waals surface area contributed by atoms with Crippen LogP contribution in [0.3, 0.4) is 0 Å². The SMILES string of the molecule is Cc1cc(C)cc(OCCOc2ccc(C=C(C#N)C(=O)Nc3nc(C)cs3)cc2Cl)c1. The molecular weight excluding hydrogens is 446 g/mol. The van der Waals surface area contributed by atoms with Crippen LogP contribution in [0.4, 0.5) is 5.13 Å². The number of thiazole rings is 1. The third-order valence-electron chi connectivity index (χ3n) is 4.28. The van der Waals surface area contributed by atoms with E-state index in [1.54, 1.807) is 18.2 Å². The van der Waals surface area contributed by atoms with Crippen LogP contribution in [0, 0.1) is 32.1 Å². The van der Waals surface area contributed by atoms with Crippen molar-refractivity contribution in [3.05, 3.63) is 74.8 Å². The Labute approximate surface area is 196 Å². The summed E-state index contributed by atoms with van der Waals surface area (Å²) < 4.78 is 11.4. The quantitative estimate of drug-likeness (QED) is 0.260. The molecule has 164 valence electrons. The molecule has 2 aromatic carbocycles. The van der Waals surface area contributed by atoms with Gasteiger partial charge in [0.1, 0.15) is 36.4 Å². The lowest BCUT2D eigenvalue weighted by atomic mass is 10.1. The number of ether oxygens (including phenoxy) is 2. The number of amides is 1. The van der Waals surface area contributed by atoms with Crippen LogP contribution in [0.25, 0.3) is 6.08 Å². The highest BCUT2D eigenvalue weighted by Gasteiger charge is 2.12. The van der Waals surface area contributed by atoms with Crippen molar-refractivity contribution in [2.45, 2.75) is 20.8 Å². The van der Waals surface area contributed by atoms with Crippen LogP contribution in [0.2, 0.25) is 5.02 Å². The molecule has 0 aliphatic carbocycles. The number of nitrogens with one attached hydrogen (secondary N) is 1. The van der Waals surface area contributed by atoms with E-state index in [2.05, 4.69) is 16.4 Å². The fraction of sp³-hybridized carbons (Fsp3) is 0.208. The fourth-order valence-corrected chi connectivity index (χ4v) is 3.87. The van der Waals surface area contributed by atoms with Crippen LogP contribution in [0.5, 0.6) is 11.5 Å². The monoisotopic (exact) mass is 467 g/mol. The van der Waals surface area contributed by atoms with Crippen LogP contribution in [0.1, 0.15) is 22.4 Å². The minimum Gasteiger partial charge on any atom is -0.490 e. The Hall–Kier alpha value is -3.34. The van der Waals surface area contributed by atoms with Crippen molar-refractivity contribution < 1.29 is 14.3 Å². The number of hydrogen-bond acceptors (Lipinski definition) is 6. The molecule has 1 aromatic heterocycles. The number of rotatable bonds is 8. The summed E-state index contributed by atoms with van der Waals surface area (Å²) in [5, 5.41) is 14.6. The van der Waals surface area contributed by atoms with Crippen molar-refractivity contribution >= 4 is 40.1 Å². The number of carbonyl (C=O) groups excluding carboxylic acids is 1. The molecule has 0 bridgehead atoms. The molecule has 0 atom stereocenters. The number of anilines is 1. The number of benzene rings is 2. The van der Waals surface area contributed by atoms with E-state index in [1.165, 1.54) is 17.4 Å². The average molecular weight is 468 g/mol. The molecule has 3 rings (SSSR count). The maximum absolute atomic E-state index is 12.3. The number of nitriles is 1. The molecule has 1 N–H and O–H groups in total. The summed E-state index contributed by atoms with van der Waals surface area (Å²) >= 11 is 7.62. The lowest BCUT2D eigenvalue weighted by molar-refractivity contribution is -0.112. The predicted molar refractivity (Wildman–Crippen MR) is 127 cm³/mol. The van der Waals surface area contributed by atoms with Gasteiger partial charge in [-0.15, -0.1) is 11.3 Å². The zero-order valence-electron chi connectivity index (χ0n) is 17.9. The Kier molecular flexibility index (Phi) is 7.87. The minimum absolute atomic E-state index is 0.0514.